The number of ether oxygens (including phenoxy) is 1. The third-order valence-electron chi connectivity index (χ3n) is 4.73. The van der Waals surface area contributed by atoms with E-state index in [0.29, 0.717) is 41.6 Å². The van der Waals surface area contributed by atoms with Crippen LogP contribution >= 0.6 is 0 Å². The smallest absolute Gasteiger partial charge is 0.252 e. The SMILES string of the molecule is CCC1NN2C=CC3=NC2=C1C(=O)NCC(C)Oc1ccc(F)cc1CN3. The minimum Gasteiger partial charge on any atom is -0.489 e. The summed E-state index contributed by atoms with van der Waals surface area (Å²) in [6, 6.07) is 4.31. The topological polar surface area (TPSA) is 78.0 Å². The van der Waals surface area contributed by atoms with Gasteiger partial charge in [-0.3, -0.25) is 9.80 Å². The van der Waals surface area contributed by atoms with E-state index in [1.807, 2.05) is 26.1 Å². The minimum atomic E-state index is -0.326. The lowest BCUT2D eigenvalue weighted by atomic mass is 10.1. The highest BCUT2D eigenvalue weighted by Crippen LogP contribution is 2.27. The van der Waals surface area contributed by atoms with Crippen LogP contribution in [0.1, 0.15) is 25.8 Å². The maximum atomic E-state index is 13.7. The largest absolute Gasteiger partial charge is 0.489 e. The number of carbonyl (C=O) groups is 1. The number of aliphatic imine (C=N–C) groups is 1. The van der Waals surface area contributed by atoms with Crippen LogP contribution in [0.25, 0.3) is 0 Å². The molecular weight excluding hydrogens is 349 g/mol. The molecule has 1 amide bonds. The van der Waals surface area contributed by atoms with Crippen LogP contribution in [-0.2, 0) is 11.3 Å². The quantitative estimate of drug-likeness (QED) is 0.698. The first-order valence-electron chi connectivity index (χ1n) is 9.08. The molecule has 0 fully saturated rings. The van der Waals surface area contributed by atoms with Gasteiger partial charge < -0.3 is 15.4 Å². The van der Waals surface area contributed by atoms with Crippen LogP contribution in [0.4, 0.5) is 4.39 Å². The average Bonchev–Trinajstić information content (AvgIpc) is 3.03. The second-order valence-corrected chi connectivity index (χ2v) is 6.75. The summed E-state index contributed by atoms with van der Waals surface area (Å²) in [4.78, 5) is 17.4. The van der Waals surface area contributed by atoms with E-state index in [2.05, 4.69) is 21.1 Å². The first-order chi connectivity index (χ1) is 13.0. The van der Waals surface area contributed by atoms with E-state index in [1.165, 1.54) is 12.1 Å². The lowest BCUT2D eigenvalue weighted by molar-refractivity contribution is -0.118. The van der Waals surface area contributed by atoms with Gasteiger partial charge in [-0.05, 0) is 37.6 Å². The number of amides is 1. The van der Waals surface area contributed by atoms with E-state index in [4.69, 9.17) is 4.74 Å². The molecule has 0 aliphatic carbocycles. The van der Waals surface area contributed by atoms with Crippen molar-refractivity contribution in [2.45, 2.75) is 39.0 Å². The number of hydrogen-bond acceptors (Lipinski definition) is 6. The summed E-state index contributed by atoms with van der Waals surface area (Å²) in [5.74, 6) is 1.27. The third kappa shape index (κ3) is 3.40. The number of carbonyl (C=O) groups excluding carboxylic acids is 1. The zero-order chi connectivity index (χ0) is 19.0. The Hall–Kier alpha value is -2.87. The molecule has 0 radical (unpaired) electrons. The number of nitrogens with zero attached hydrogens (tertiary/aromatic N) is 2. The van der Waals surface area contributed by atoms with E-state index in [1.54, 1.807) is 11.1 Å². The zero-order valence-electron chi connectivity index (χ0n) is 15.3. The molecule has 1 aromatic carbocycles. The Morgan fingerprint density at radius 3 is 3.04 bits per heavy atom. The summed E-state index contributed by atoms with van der Waals surface area (Å²) < 4.78 is 19.6. The van der Waals surface area contributed by atoms with Crippen molar-refractivity contribution in [3.63, 3.8) is 0 Å². The van der Waals surface area contributed by atoms with Crippen molar-refractivity contribution in [1.82, 2.24) is 21.1 Å². The molecule has 2 atom stereocenters. The molecule has 142 valence electrons. The van der Waals surface area contributed by atoms with Crippen molar-refractivity contribution in [2.75, 3.05) is 6.54 Å². The molecule has 0 saturated heterocycles. The predicted octanol–water partition coefficient (Wildman–Crippen LogP) is 1.55. The van der Waals surface area contributed by atoms with Gasteiger partial charge in [-0.2, -0.15) is 0 Å². The number of amidine groups is 1. The number of rotatable bonds is 1. The van der Waals surface area contributed by atoms with Crippen LogP contribution in [0, 0.1) is 5.82 Å². The van der Waals surface area contributed by atoms with Crippen LogP contribution < -0.4 is 20.8 Å². The van der Waals surface area contributed by atoms with E-state index in [0.717, 1.165) is 6.42 Å². The van der Waals surface area contributed by atoms with Crippen molar-refractivity contribution in [2.24, 2.45) is 4.99 Å². The van der Waals surface area contributed by atoms with Gasteiger partial charge in [0.05, 0.1) is 18.2 Å². The van der Waals surface area contributed by atoms with E-state index >= 15 is 0 Å². The molecule has 27 heavy (non-hydrogen) atoms. The maximum absolute atomic E-state index is 13.7. The van der Waals surface area contributed by atoms with E-state index in [-0.39, 0.29) is 23.9 Å². The minimum absolute atomic E-state index is 0.111. The van der Waals surface area contributed by atoms with Crippen LogP contribution in [0.5, 0.6) is 5.75 Å². The molecule has 2 bridgehead atoms. The molecule has 2 unspecified atom stereocenters. The average molecular weight is 371 g/mol. The van der Waals surface area contributed by atoms with Gasteiger partial charge in [0.25, 0.3) is 5.91 Å². The summed E-state index contributed by atoms with van der Waals surface area (Å²) >= 11 is 0. The van der Waals surface area contributed by atoms with Gasteiger partial charge in [-0.25, -0.2) is 14.8 Å². The van der Waals surface area contributed by atoms with Crippen molar-refractivity contribution in [3.8, 4) is 5.75 Å². The molecule has 3 N–H and O–H groups in total. The van der Waals surface area contributed by atoms with Crippen LogP contribution in [-0.4, -0.2) is 35.4 Å². The number of hydrazine groups is 1. The number of nitrogens with one attached hydrogen (secondary N) is 3. The lowest BCUT2D eigenvalue weighted by Crippen LogP contribution is -2.39. The van der Waals surface area contributed by atoms with Gasteiger partial charge in [0.2, 0.25) is 0 Å². The van der Waals surface area contributed by atoms with Gasteiger partial charge in [-0.15, -0.1) is 0 Å². The third-order valence-corrected chi connectivity index (χ3v) is 4.73. The molecule has 7 nitrogen and oxygen atoms in total. The van der Waals surface area contributed by atoms with Crippen molar-refractivity contribution >= 4 is 11.7 Å². The highest BCUT2D eigenvalue weighted by atomic mass is 19.1. The van der Waals surface area contributed by atoms with Crippen LogP contribution in [0.15, 0.2) is 46.9 Å². The maximum Gasteiger partial charge on any atom is 0.252 e. The van der Waals surface area contributed by atoms with E-state index < -0.39 is 0 Å². The lowest BCUT2D eigenvalue weighted by Gasteiger charge is -2.21. The molecular formula is C19H22FN5O2. The second-order valence-electron chi connectivity index (χ2n) is 6.75. The monoisotopic (exact) mass is 371 g/mol. The highest BCUT2D eigenvalue weighted by Gasteiger charge is 2.35. The molecule has 3 aliphatic heterocycles. The van der Waals surface area contributed by atoms with Gasteiger partial charge in [-0.1, -0.05) is 6.92 Å². The van der Waals surface area contributed by atoms with Crippen LogP contribution in [0.3, 0.4) is 0 Å². The molecule has 0 aromatic heterocycles. The number of halogens is 1. The molecule has 0 saturated carbocycles. The van der Waals surface area contributed by atoms with Gasteiger partial charge in [0, 0.05) is 18.3 Å². The normalized spacial score (nSPS) is 24.6. The Labute approximate surface area is 156 Å². The molecule has 0 spiro atoms. The summed E-state index contributed by atoms with van der Waals surface area (Å²) in [7, 11) is 0. The Kier molecular flexibility index (Phi) is 4.57. The standard InChI is InChI=1S/C19H22FN5O2/c1-3-14-17-18-23-16(6-7-25(18)24-14)21-10-12-8-13(20)4-5-15(12)27-11(2)9-22-19(17)26/h4-8,11,14,24H,3,9-10H2,1-2H3,(H,21,23)(H,22,26). The van der Waals surface area contributed by atoms with Crippen molar-refractivity contribution in [3.05, 3.63) is 53.2 Å². The fraction of sp³-hybridized carbons (Fsp3) is 0.368. The molecule has 1 aromatic rings. The first kappa shape index (κ1) is 17.5. The highest BCUT2D eigenvalue weighted by molar-refractivity contribution is 5.99. The Morgan fingerprint density at radius 2 is 2.22 bits per heavy atom. The number of fused-ring (bicyclic) bond motifs is 1. The van der Waals surface area contributed by atoms with E-state index in [9.17, 15) is 9.18 Å². The molecule has 8 heteroatoms. The number of benzene rings is 1. The summed E-state index contributed by atoms with van der Waals surface area (Å²) in [6.07, 6.45) is 4.13. The van der Waals surface area contributed by atoms with Gasteiger partial charge in [0.1, 0.15) is 23.5 Å². The fourth-order valence-electron chi connectivity index (χ4n) is 3.33. The fourth-order valence-corrected chi connectivity index (χ4v) is 3.33. The van der Waals surface area contributed by atoms with Gasteiger partial charge >= 0.3 is 0 Å². The Bertz CT molecular complexity index is 864. The Balaban J connectivity index is 1.72. The summed E-state index contributed by atoms with van der Waals surface area (Å²) in [5.41, 5.74) is 4.57. The Morgan fingerprint density at radius 1 is 1.37 bits per heavy atom. The first-order valence-corrected chi connectivity index (χ1v) is 9.08. The van der Waals surface area contributed by atoms with Crippen molar-refractivity contribution in [1.29, 1.82) is 0 Å². The zero-order valence-corrected chi connectivity index (χ0v) is 15.3. The number of hydrogen-bond donors (Lipinski definition) is 3. The molecule has 4 rings (SSSR count). The molecule has 3 heterocycles. The predicted molar refractivity (Wildman–Crippen MR) is 99.0 cm³/mol. The summed E-state index contributed by atoms with van der Waals surface area (Å²) in [6.45, 7) is 4.58. The summed E-state index contributed by atoms with van der Waals surface area (Å²) in [5, 5.41) is 7.90. The van der Waals surface area contributed by atoms with Gasteiger partial charge in [0.15, 0.2) is 5.82 Å². The molecule has 3 aliphatic rings. The van der Waals surface area contributed by atoms with Crippen molar-refractivity contribution < 1.29 is 13.9 Å². The second kappa shape index (κ2) is 7.03. The van der Waals surface area contributed by atoms with Crippen LogP contribution in [0.2, 0.25) is 0 Å².